The van der Waals surface area contributed by atoms with E-state index in [0.29, 0.717) is 5.56 Å². The van der Waals surface area contributed by atoms with Gasteiger partial charge in [-0.05, 0) is 18.1 Å². The molecule has 1 aromatic heterocycles. The summed E-state index contributed by atoms with van der Waals surface area (Å²) in [6, 6.07) is 3.26. The fourth-order valence-electron chi connectivity index (χ4n) is 3.94. The van der Waals surface area contributed by atoms with Crippen molar-refractivity contribution in [2.24, 2.45) is 0 Å². The molecule has 2 aliphatic rings. The van der Waals surface area contributed by atoms with Crippen molar-refractivity contribution in [2.45, 2.75) is 24.7 Å². The van der Waals surface area contributed by atoms with Gasteiger partial charge in [-0.15, -0.1) is 11.3 Å². The zero-order valence-electron chi connectivity index (χ0n) is 17.9. The summed E-state index contributed by atoms with van der Waals surface area (Å²) < 4.78 is 40.1. The predicted octanol–water partition coefficient (Wildman–Crippen LogP) is 0.0762. The van der Waals surface area contributed by atoms with Crippen LogP contribution in [0.5, 0.6) is 5.75 Å². The molecule has 5 N–H and O–H groups in total. The number of ether oxygens (including phenoxy) is 1. The Labute approximate surface area is 200 Å². The summed E-state index contributed by atoms with van der Waals surface area (Å²) in [6.07, 6.45) is -0.0723. The number of carboxylic acids is 1. The lowest BCUT2D eigenvalue weighted by atomic mass is 9.64. The van der Waals surface area contributed by atoms with Gasteiger partial charge in [0.25, 0.3) is 10.2 Å². The number of hydrogen-bond donors (Lipinski definition) is 4. The standard InChI is InChI=1S/C19H23BN4O8S2/c21-19-22-14(10-33-19)16(23-34(29,30)24-4-6-31-7-5-24)15(25)9-12-8-11-2-1-3-13(18(26)27)17(11)32-20(12)28/h1-3,10,12,16,23,28H,4-9H2,(H2,21,22)(H,26,27)/t12-,16?/m1/s1. The van der Waals surface area contributed by atoms with Gasteiger partial charge in [0.2, 0.25) is 0 Å². The molecule has 2 aromatic rings. The second-order valence-corrected chi connectivity index (χ2v) is 10.5. The lowest BCUT2D eigenvalue weighted by Crippen LogP contribution is -2.49. The Morgan fingerprint density at radius 3 is 2.74 bits per heavy atom. The molecule has 2 aliphatic heterocycles. The molecule has 0 bridgehead atoms. The molecule has 0 spiro atoms. The Morgan fingerprint density at radius 1 is 1.35 bits per heavy atom. The molecule has 12 nitrogen and oxygen atoms in total. The minimum absolute atomic E-state index is 0.0584. The number of anilines is 1. The van der Waals surface area contributed by atoms with Gasteiger partial charge in [0.05, 0.1) is 24.5 Å². The molecule has 182 valence electrons. The minimum Gasteiger partial charge on any atom is -0.535 e. The van der Waals surface area contributed by atoms with Crippen LogP contribution < -0.4 is 15.1 Å². The smallest absolute Gasteiger partial charge is 0.526 e. The zero-order chi connectivity index (χ0) is 24.5. The number of nitrogens with two attached hydrogens (primary N) is 1. The van der Waals surface area contributed by atoms with Crippen LogP contribution in [0.15, 0.2) is 23.6 Å². The Balaban J connectivity index is 1.55. The highest BCUT2D eigenvalue weighted by molar-refractivity contribution is 7.87. The van der Waals surface area contributed by atoms with E-state index in [-0.39, 0.29) is 61.3 Å². The first-order valence-corrected chi connectivity index (χ1v) is 12.8. The Hall–Kier alpha value is -2.56. The van der Waals surface area contributed by atoms with Crippen molar-refractivity contribution < 1.29 is 37.5 Å². The Morgan fingerprint density at radius 2 is 2.09 bits per heavy atom. The third kappa shape index (κ3) is 5.24. The molecule has 1 fully saturated rings. The van der Waals surface area contributed by atoms with Crippen LogP contribution in [0.1, 0.15) is 34.1 Å². The molecule has 1 unspecified atom stereocenters. The summed E-state index contributed by atoms with van der Waals surface area (Å²) >= 11 is 1.07. The SMILES string of the molecule is Nc1nc(C(NS(=O)(=O)N2CCOCC2)C(=O)C[C@H]2Cc3cccc(C(=O)O)c3OB2O)cs1. The maximum atomic E-state index is 13.3. The number of benzene rings is 1. The number of para-hydroxylation sites is 1. The molecule has 0 aliphatic carbocycles. The van der Waals surface area contributed by atoms with Gasteiger partial charge in [-0.3, -0.25) is 4.79 Å². The molecule has 0 radical (unpaired) electrons. The van der Waals surface area contributed by atoms with Crippen molar-refractivity contribution in [3.63, 3.8) is 0 Å². The summed E-state index contributed by atoms with van der Waals surface area (Å²) in [5, 5.41) is 21.5. The topological polar surface area (TPSA) is 181 Å². The molecular weight excluding hydrogens is 487 g/mol. The summed E-state index contributed by atoms with van der Waals surface area (Å²) in [4.78, 5) is 28.8. The maximum Gasteiger partial charge on any atom is 0.526 e. The van der Waals surface area contributed by atoms with Crippen molar-refractivity contribution in [1.82, 2.24) is 14.0 Å². The van der Waals surface area contributed by atoms with E-state index in [2.05, 4.69) is 9.71 Å². The van der Waals surface area contributed by atoms with E-state index in [4.69, 9.17) is 15.1 Å². The number of nitrogens with one attached hydrogen (secondary N) is 1. The van der Waals surface area contributed by atoms with Crippen LogP contribution in [0.2, 0.25) is 5.82 Å². The van der Waals surface area contributed by atoms with E-state index in [1.807, 2.05) is 0 Å². The molecule has 1 saturated heterocycles. The molecule has 4 rings (SSSR count). The van der Waals surface area contributed by atoms with Gasteiger partial charge in [-0.1, -0.05) is 12.1 Å². The van der Waals surface area contributed by atoms with Gasteiger partial charge in [0.15, 0.2) is 10.9 Å². The van der Waals surface area contributed by atoms with Crippen molar-refractivity contribution in [1.29, 1.82) is 0 Å². The third-order valence-corrected chi connectivity index (χ3v) is 7.92. The lowest BCUT2D eigenvalue weighted by molar-refractivity contribution is -0.121. The van der Waals surface area contributed by atoms with Gasteiger partial charge in [-0.2, -0.15) is 17.4 Å². The molecule has 2 atom stereocenters. The number of ketones is 1. The van der Waals surface area contributed by atoms with E-state index in [1.54, 1.807) is 12.1 Å². The Kier molecular flexibility index (Phi) is 7.21. The highest BCUT2D eigenvalue weighted by atomic mass is 32.2. The third-order valence-electron chi connectivity index (χ3n) is 5.65. The summed E-state index contributed by atoms with van der Waals surface area (Å²) in [7, 11) is -5.49. The first-order valence-electron chi connectivity index (χ1n) is 10.4. The van der Waals surface area contributed by atoms with Crippen LogP contribution in [0.3, 0.4) is 0 Å². The molecule has 15 heteroatoms. The van der Waals surface area contributed by atoms with Gasteiger partial charge < -0.3 is 25.3 Å². The number of carbonyl (C=O) groups excluding carboxylic acids is 1. The summed E-state index contributed by atoms with van der Waals surface area (Å²) in [6.45, 7) is 0.777. The predicted molar refractivity (Wildman–Crippen MR) is 123 cm³/mol. The highest BCUT2D eigenvalue weighted by Crippen LogP contribution is 2.37. The first kappa shape index (κ1) is 24.6. The second kappa shape index (κ2) is 9.97. The number of aromatic nitrogens is 1. The van der Waals surface area contributed by atoms with Gasteiger partial charge in [-0.25, -0.2) is 9.78 Å². The largest absolute Gasteiger partial charge is 0.535 e. The van der Waals surface area contributed by atoms with Crippen molar-refractivity contribution >= 4 is 45.5 Å². The quantitative estimate of drug-likeness (QED) is 0.355. The number of Topliss-reactive ketones (excluding diaryl/α,β-unsaturated/α-hetero) is 1. The lowest BCUT2D eigenvalue weighted by Gasteiger charge is -2.30. The maximum absolute atomic E-state index is 13.3. The van der Waals surface area contributed by atoms with E-state index in [1.165, 1.54) is 15.8 Å². The number of thiazole rings is 1. The van der Waals surface area contributed by atoms with E-state index in [0.717, 1.165) is 11.3 Å². The van der Waals surface area contributed by atoms with E-state index >= 15 is 0 Å². The van der Waals surface area contributed by atoms with Crippen LogP contribution in [0.4, 0.5) is 5.13 Å². The number of nitrogens with zero attached hydrogens (tertiary/aromatic N) is 2. The number of aromatic carboxylic acids is 1. The molecule has 0 saturated carbocycles. The van der Waals surface area contributed by atoms with Crippen LogP contribution in [0, 0.1) is 0 Å². The van der Waals surface area contributed by atoms with Gasteiger partial charge >= 0.3 is 13.1 Å². The Bertz CT molecular complexity index is 1180. The van der Waals surface area contributed by atoms with Gasteiger partial charge in [0.1, 0.15) is 11.8 Å². The number of fused-ring (bicyclic) bond motifs is 1. The van der Waals surface area contributed by atoms with Crippen LogP contribution in [0.25, 0.3) is 0 Å². The average Bonchev–Trinajstić information content (AvgIpc) is 3.24. The van der Waals surface area contributed by atoms with Crippen molar-refractivity contribution in [2.75, 3.05) is 32.0 Å². The first-order chi connectivity index (χ1) is 16.2. The fourth-order valence-corrected chi connectivity index (χ4v) is 5.85. The van der Waals surface area contributed by atoms with Crippen LogP contribution >= 0.6 is 11.3 Å². The van der Waals surface area contributed by atoms with Crippen LogP contribution in [-0.2, 0) is 26.2 Å². The van der Waals surface area contributed by atoms with E-state index < -0.39 is 40.9 Å². The van der Waals surface area contributed by atoms with Crippen molar-refractivity contribution in [3.8, 4) is 5.75 Å². The van der Waals surface area contributed by atoms with Gasteiger partial charge in [0, 0.05) is 30.7 Å². The number of carboxylic acid groups (broad SMARTS) is 1. The monoisotopic (exact) mass is 510 g/mol. The second-order valence-electron chi connectivity index (χ2n) is 7.92. The normalized spacial score (nSPS) is 19.8. The molecule has 1 aromatic carbocycles. The number of nitrogen functional groups attached to an aromatic ring is 1. The number of carbonyl (C=O) groups is 2. The number of hydrogen-bond acceptors (Lipinski definition) is 10. The molecule has 34 heavy (non-hydrogen) atoms. The fraction of sp³-hybridized carbons (Fsp3) is 0.421. The number of rotatable bonds is 8. The average molecular weight is 510 g/mol. The van der Waals surface area contributed by atoms with Crippen molar-refractivity contribution in [3.05, 3.63) is 40.4 Å². The van der Waals surface area contributed by atoms with E-state index in [9.17, 15) is 28.1 Å². The molecular formula is C19H23BN4O8S2. The molecule has 3 heterocycles. The zero-order valence-corrected chi connectivity index (χ0v) is 19.5. The van der Waals surface area contributed by atoms with Crippen LogP contribution in [-0.4, -0.2) is 73.0 Å². The summed E-state index contributed by atoms with van der Waals surface area (Å²) in [5.41, 5.74) is 6.31. The minimum atomic E-state index is -4.04. The highest BCUT2D eigenvalue weighted by Gasteiger charge is 2.40. The number of morpholine rings is 1. The molecule has 0 amide bonds. The summed E-state index contributed by atoms with van der Waals surface area (Å²) in [5.74, 6) is -2.40.